The Bertz CT molecular complexity index is 851. The average molecular weight is 383 g/mol. The van der Waals surface area contributed by atoms with Gasteiger partial charge in [-0.3, -0.25) is 10.1 Å². The minimum absolute atomic E-state index is 0.0206. The van der Waals surface area contributed by atoms with Crippen molar-refractivity contribution in [2.45, 2.75) is 38.6 Å². The third-order valence-electron chi connectivity index (χ3n) is 5.11. The number of nitrogens with one attached hydrogen (secondary N) is 1. The number of methoxy groups -OCH3 is 1. The van der Waals surface area contributed by atoms with E-state index < -0.39 is 4.92 Å². The molecule has 2 aromatic carbocycles. The molecular formula is C21H25N3O4. The molecule has 0 radical (unpaired) electrons. The van der Waals surface area contributed by atoms with Crippen molar-refractivity contribution in [2.24, 2.45) is 0 Å². The first-order valence-electron chi connectivity index (χ1n) is 9.46. The summed E-state index contributed by atoms with van der Waals surface area (Å²) in [7, 11) is 1.47. The summed E-state index contributed by atoms with van der Waals surface area (Å²) >= 11 is 0. The van der Waals surface area contributed by atoms with Crippen molar-refractivity contribution in [1.29, 1.82) is 0 Å². The lowest BCUT2D eigenvalue weighted by molar-refractivity contribution is -0.384. The van der Waals surface area contributed by atoms with Crippen LogP contribution in [-0.2, 0) is 0 Å². The number of hydrogen-bond acceptors (Lipinski definition) is 4. The molecule has 0 unspecified atom stereocenters. The minimum Gasteiger partial charge on any atom is -0.495 e. The van der Waals surface area contributed by atoms with Crippen LogP contribution in [0.1, 0.15) is 42.9 Å². The Hall–Kier alpha value is -3.09. The summed E-state index contributed by atoms with van der Waals surface area (Å²) in [6, 6.07) is 12.1. The van der Waals surface area contributed by atoms with Gasteiger partial charge in [-0.15, -0.1) is 0 Å². The first-order chi connectivity index (χ1) is 13.5. The van der Waals surface area contributed by atoms with E-state index in [1.54, 1.807) is 0 Å². The van der Waals surface area contributed by atoms with E-state index in [1.807, 2.05) is 11.8 Å². The number of aryl methyl sites for hydroxylation is 1. The van der Waals surface area contributed by atoms with Gasteiger partial charge in [-0.25, -0.2) is 4.79 Å². The van der Waals surface area contributed by atoms with Gasteiger partial charge in [0, 0.05) is 18.7 Å². The number of non-ortho nitro benzene ring substituents is 1. The van der Waals surface area contributed by atoms with Gasteiger partial charge in [0.1, 0.15) is 5.75 Å². The number of anilines is 1. The van der Waals surface area contributed by atoms with E-state index in [2.05, 4.69) is 29.6 Å². The summed E-state index contributed by atoms with van der Waals surface area (Å²) in [4.78, 5) is 25.5. The second-order valence-corrected chi connectivity index (χ2v) is 7.04. The third-order valence-corrected chi connectivity index (χ3v) is 5.11. The molecule has 1 aliphatic heterocycles. The molecule has 7 heteroatoms. The van der Waals surface area contributed by atoms with E-state index in [9.17, 15) is 14.9 Å². The number of carbonyl (C=O) groups excluding carboxylic acids is 1. The third kappa shape index (κ3) is 4.42. The molecule has 1 atom stereocenters. The largest absolute Gasteiger partial charge is 0.495 e. The van der Waals surface area contributed by atoms with E-state index >= 15 is 0 Å². The van der Waals surface area contributed by atoms with Crippen LogP contribution in [-0.4, -0.2) is 29.5 Å². The summed E-state index contributed by atoms with van der Waals surface area (Å²) in [6.07, 6.45) is 3.96. The normalized spacial score (nSPS) is 16.9. The molecule has 2 aromatic rings. The molecule has 0 bridgehead atoms. The minimum atomic E-state index is -0.490. The Morgan fingerprint density at radius 2 is 1.93 bits per heavy atom. The highest BCUT2D eigenvalue weighted by Crippen LogP contribution is 2.33. The molecule has 28 heavy (non-hydrogen) atoms. The van der Waals surface area contributed by atoms with Gasteiger partial charge in [0.15, 0.2) is 0 Å². The molecule has 1 N–H and O–H groups in total. The van der Waals surface area contributed by atoms with Crippen molar-refractivity contribution < 1.29 is 14.5 Å². The number of hydrogen-bond donors (Lipinski definition) is 1. The Morgan fingerprint density at radius 3 is 2.61 bits per heavy atom. The average Bonchev–Trinajstić information content (AvgIpc) is 2.94. The first-order valence-corrected chi connectivity index (χ1v) is 9.46. The Labute approximate surface area is 164 Å². The summed E-state index contributed by atoms with van der Waals surface area (Å²) < 4.78 is 5.26. The summed E-state index contributed by atoms with van der Waals surface area (Å²) in [5, 5.41) is 13.9. The maximum absolute atomic E-state index is 13.1. The van der Waals surface area contributed by atoms with Gasteiger partial charge in [0.05, 0.1) is 23.8 Å². The van der Waals surface area contributed by atoms with Gasteiger partial charge in [0.2, 0.25) is 0 Å². The van der Waals surface area contributed by atoms with Crippen LogP contribution in [0.15, 0.2) is 42.5 Å². The van der Waals surface area contributed by atoms with Gasteiger partial charge in [0.25, 0.3) is 5.69 Å². The monoisotopic (exact) mass is 383 g/mol. The first kappa shape index (κ1) is 19.7. The number of amides is 2. The lowest BCUT2D eigenvalue weighted by atomic mass is 10.00. The summed E-state index contributed by atoms with van der Waals surface area (Å²) in [5.41, 5.74) is 2.49. The lowest BCUT2D eigenvalue weighted by Gasteiger charge is -2.31. The molecule has 1 saturated heterocycles. The van der Waals surface area contributed by atoms with Crippen molar-refractivity contribution in [3.63, 3.8) is 0 Å². The van der Waals surface area contributed by atoms with Crippen molar-refractivity contribution in [2.75, 3.05) is 19.0 Å². The molecule has 7 nitrogen and oxygen atoms in total. The van der Waals surface area contributed by atoms with Crippen molar-refractivity contribution in [3.8, 4) is 5.75 Å². The Balaban J connectivity index is 1.87. The number of urea groups is 1. The fourth-order valence-electron chi connectivity index (χ4n) is 3.58. The molecule has 2 amide bonds. The molecular weight excluding hydrogens is 358 g/mol. The van der Waals surface area contributed by atoms with Crippen LogP contribution in [0.25, 0.3) is 0 Å². The van der Waals surface area contributed by atoms with Crippen LogP contribution < -0.4 is 10.1 Å². The second-order valence-electron chi connectivity index (χ2n) is 7.04. The smallest absolute Gasteiger partial charge is 0.322 e. The number of rotatable bonds is 4. The lowest BCUT2D eigenvalue weighted by Crippen LogP contribution is -2.38. The van der Waals surface area contributed by atoms with Gasteiger partial charge < -0.3 is 15.0 Å². The van der Waals surface area contributed by atoms with Gasteiger partial charge >= 0.3 is 6.03 Å². The molecule has 1 fully saturated rings. The number of carbonyl (C=O) groups is 1. The number of nitro benzene ring substituents is 1. The number of ether oxygens (including phenoxy) is 1. The highest BCUT2D eigenvalue weighted by atomic mass is 16.6. The summed E-state index contributed by atoms with van der Waals surface area (Å²) in [5.74, 6) is 0.389. The van der Waals surface area contributed by atoms with Crippen LogP contribution in [0.5, 0.6) is 5.75 Å². The fraction of sp³-hybridized carbons (Fsp3) is 0.381. The molecule has 0 aliphatic carbocycles. The second kappa shape index (κ2) is 8.73. The van der Waals surface area contributed by atoms with Crippen molar-refractivity contribution in [1.82, 2.24) is 4.90 Å². The van der Waals surface area contributed by atoms with Crippen LogP contribution in [0, 0.1) is 17.0 Å². The highest BCUT2D eigenvalue weighted by Gasteiger charge is 2.27. The number of nitrogens with zero attached hydrogens (tertiary/aromatic N) is 2. The fourth-order valence-corrected chi connectivity index (χ4v) is 3.58. The molecule has 0 aromatic heterocycles. The Morgan fingerprint density at radius 1 is 1.18 bits per heavy atom. The predicted molar refractivity (Wildman–Crippen MR) is 108 cm³/mol. The number of nitro groups is 1. The summed E-state index contributed by atoms with van der Waals surface area (Å²) in [6.45, 7) is 2.68. The molecule has 1 aliphatic rings. The highest BCUT2D eigenvalue weighted by molar-refractivity contribution is 5.91. The molecule has 0 saturated carbocycles. The van der Waals surface area contributed by atoms with Crippen LogP contribution in [0.2, 0.25) is 0 Å². The van der Waals surface area contributed by atoms with Crippen LogP contribution >= 0.6 is 0 Å². The molecule has 0 spiro atoms. The predicted octanol–water partition coefficient (Wildman–Crippen LogP) is 5.06. The van der Waals surface area contributed by atoms with Crippen LogP contribution in [0.4, 0.5) is 16.2 Å². The van der Waals surface area contributed by atoms with E-state index in [4.69, 9.17) is 4.74 Å². The standard InChI is InChI=1S/C21H25N3O4/c1-15-7-9-16(10-8-15)19-6-4-3-5-13-23(19)21(25)22-18-14-17(24(26)27)11-12-20(18)28-2/h7-12,14,19H,3-6,13H2,1-2H3,(H,22,25)/t19-/m0/s1. The van der Waals surface area contributed by atoms with E-state index in [-0.39, 0.29) is 17.8 Å². The SMILES string of the molecule is COc1ccc([N+](=O)[O-])cc1NC(=O)N1CCCCC[C@H]1c1ccc(C)cc1. The molecule has 148 valence electrons. The maximum atomic E-state index is 13.1. The maximum Gasteiger partial charge on any atom is 0.322 e. The van der Waals surface area contributed by atoms with E-state index in [0.717, 1.165) is 31.2 Å². The Kier molecular flexibility index (Phi) is 6.13. The van der Waals surface area contributed by atoms with E-state index in [1.165, 1.54) is 30.9 Å². The zero-order valence-corrected chi connectivity index (χ0v) is 16.2. The number of likely N-dealkylation sites (tertiary alicyclic amines) is 1. The van der Waals surface area contributed by atoms with Gasteiger partial charge in [-0.1, -0.05) is 42.7 Å². The topological polar surface area (TPSA) is 84.7 Å². The zero-order chi connectivity index (χ0) is 20.1. The van der Waals surface area contributed by atoms with E-state index in [0.29, 0.717) is 18.0 Å². The zero-order valence-electron chi connectivity index (χ0n) is 16.2. The quantitative estimate of drug-likeness (QED) is 0.591. The van der Waals surface area contributed by atoms with Crippen molar-refractivity contribution >= 4 is 17.4 Å². The molecule has 3 rings (SSSR count). The van der Waals surface area contributed by atoms with Gasteiger partial charge in [-0.05, 0) is 31.4 Å². The van der Waals surface area contributed by atoms with Crippen molar-refractivity contribution in [3.05, 3.63) is 63.7 Å². The number of benzene rings is 2. The van der Waals surface area contributed by atoms with Gasteiger partial charge in [-0.2, -0.15) is 0 Å². The van der Waals surface area contributed by atoms with Crippen LogP contribution in [0.3, 0.4) is 0 Å². The molecule has 1 heterocycles.